The number of rotatable bonds is 2. The largest absolute Gasteiger partial charge is 1.00 e. The number of halogens is 3. The molecular weight excluding hydrogens is 223 g/mol. The first-order valence-corrected chi connectivity index (χ1v) is 4.60. The van der Waals surface area contributed by atoms with Crippen LogP contribution in [0.3, 0.4) is 0 Å². The summed E-state index contributed by atoms with van der Waals surface area (Å²) in [5.41, 5.74) is -0.534. The fourth-order valence-electron chi connectivity index (χ4n) is 0.822. The summed E-state index contributed by atoms with van der Waals surface area (Å²) in [5.74, 6) is 0. The van der Waals surface area contributed by atoms with Gasteiger partial charge in [0, 0.05) is 4.90 Å². The molecule has 0 aromatic heterocycles. The molecule has 1 aromatic rings. The maximum absolute atomic E-state index is 12.1. The maximum atomic E-state index is 12.1. The minimum Gasteiger partial charge on any atom is -0.445 e. The van der Waals surface area contributed by atoms with Crippen LogP contribution in [-0.4, -0.2) is 13.2 Å². The van der Waals surface area contributed by atoms with E-state index in [1.165, 1.54) is 23.9 Å². The van der Waals surface area contributed by atoms with E-state index in [4.69, 9.17) is 0 Å². The molecule has 0 fully saturated rings. The van der Waals surface area contributed by atoms with E-state index in [2.05, 4.69) is 0 Å². The van der Waals surface area contributed by atoms with Crippen LogP contribution in [0.15, 0.2) is 29.2 Å². The van der Waals surface area contributed by atoms with Gasteiger partial charge in [0.15, 0.2) is 0 Å². The van der Waals surface area contributed by atoms with Crippen molar-refractivity contribution in [1.29, 1.82) is 0 Å². The van der Waals surface area contributed by atoms with Gasteiger partial charge < -0.3 is 12.9 Å². The third kappa shape index (κ3) is 4.40. The molecule has 1 rings (SSSR count). The van der Waals surface area contributed by atoms with Crippen LogP contribution in [0.25, 0.3) is 0 Å². The Morgan fingerprint density at radius 2 is 1.54 bits per heavy atom. The van der Waals surface area contributed by atoms with Crippen molar-refractivity contribution in [1.82, 2.24) is 0 Å². The third-order valence-corrected chi connectivity index (χ3v) is 2.24. The molecule has 0 N–H and O–H groups in total. The summed E-state index contributed by atoms with van der Waals surface area (Å²) < 4.78 is 36.2. The van der Waals surface area contributed by atoms with Crippen LogP contribution in [0.2, 0.25) is 0 Å². The van der Waals surface area contributed by atoms with Crippen LogP contribution in [0, 0.1) is 0 Å². The van der Waals surface area contributed by atoms with Gasteiger partial charge in [0.05, 0.1) is 0 Å². The molecule has 0 heterocycles. The molecule has 0 amide bonds. The SMILES string of the molecule is CSc1ccc([B-](F)(F)F)cc1.[K+]. The average molecular weight is 230 g/mol. The van der Waals surface area contributed by atoms with E-state index in [-0.39, 0.29) is 51.4 Å². The molecule has 0 radical (unpaired) electrons. The molecule has 0 saturated heterocycles. The van der Waals surface area contributed by atoms with Crippen molar-refractivity contribution in [3.8, 4) is 0 Å². The van der Waals surface area contributed by atoms with Crippen molar-refractivity contribution in [3.05, 3.63) is 24.3 Å². The van der Waals surface area contributed by atoms with Crippen molar-refractivity contribution in [2.45, 2.75) is 4.90 Å². The van der Waals surface area contributed by atoms with E-state index in [0.29, 0.717) is 0 Å². The van der Waals surface area contributed by atoms with Gasteiger partial charge in [-0.05, 0) is 6.26 Å². The number of thioether (sulfide) groups is 1. The van der Waals surface area contributed by atoms with Crippen LogP contribution in [0.4, 0.5) is 12.9 Å². The quantitative estimate of drug-likeness (QED) is 0.486. The molecule has 0 aliphatic heterocycles. The third-order valence-electron chi connectivity index (χ3n) is 1.49. The topological polar surface area (TPSA) is 0 Å². The van der Waals surface area contributed by atoms with Crippen LogP contribution in [-0.2, 0) is 0 Å². The standard InChI is InChI=1S/C7H7BF3S.K/c1-12-7-4-2-6(3-5-7)8(9,10)11;/h2-5H,1H3;/q-1;+1. The summed E-state index contributed by atoms with van der Waals surface area (Å²) >= 11 is 1.43. The Bertz CT molecular complexity index is 259. The van der Waals surface area contributed by atoms with Crippen molar-refractivity contribution >= 4 is 24.2 Å². The van der Waals surface area contributed by atoms with Gasteiger partial charge in [0.1, 0.15) is 0 Å². The van der Waals surface area contributed by atoms with E-state index < -0.39 is 12.4 Å². The van der Waals surface area contributed by atoms with Crippen LogP contribution >= 0.6 is 11.8 Å². The predicted octanol–water partition coefficient (Wildman–Crippen LogP) is -0.533. The fourth-order valence-corrected chi connectivity index (χ4v) is 1.23. The predicted molar refractivity (Wildman–Crippen MR) is 46.9 cm³/mol. The Morgan fingerprint density at radius 1 is 1.08 bits per heavy atom. The van der Waals surface area contributed by atoms with Gasteiger partial charge in [-0.25, -0.2) is 0 Å². The summed E-state index contributed by atoms with van der Waals surface area (Å²) in [5, 5.41) is 0. The normalized spacial score (nSPS) is 10.8. The first-order valence-electron chi connectivity index (χ1n) is 3.38. The van der Waals surface area contributed by atoms with E-state index >= 15 is 0 Å². The van der Waals surface area contributed by atoms with Crippen molar-refractivity contribution in [3.63, 3.8) is 0 Å². The van der Waals surface area contributed by atoms with E-state index in [1.54, 1.807) is 0 Å². The number of hydrogen-bond acceptors (Lipinski definition) is 1. The molecule has 0 atom stereocenters. The molecule has 0 aliphatic carbocycles. The molecule has 66 valence electrons. The molecule has 0 spiro atoms. The molecule has 0 nitrogen and oxygen atoms in total. The summed E-state index contributed by atoms with van der Waals surface area (Å²) in [6.45, 7) is -4.83. The molecule has 6 heteroatoms. The maximum Gasteiger partial charge on any atom is 1.00 e. The summed E-state index contributed by atoms with van der Waals surface area (Å²) in [4.78, 5) is 0.846. The number of hydrogen-bond donors (Lipinski definition) is 0. The first kappa shape index (κ1) is 14.1. The summed E-state index contributed by atoms with van der Waals surface area (Å²) in [6.07, 6.45) is 1.83. The van der Waals surface area contributed by atoms with Gasteiger partial charge in [-0.15, -0.1) is 17.2 Å². The molecule has 0 bridgehead atoms. The van der Waals surface area contributed by atoms with Gasteiger partial charge in [-0.1, -0.05) is 24.3 Å². The summed E-state index contributed by atoms with van der Waals surface area (Å²) in [6, 6.07) is 5.20. The molecule has 0 saturated carbocycles. The molecule has 0 unspecified atom stereocenters. The molecule has 1 aromatic carbocycles. The van der Waals surface area contributed by atoms with Crippen molar-refractivity contribution in [2.75, 3.05) is 6.26 Å². The Morgan fingerprint density at radius 3 is 1.85 bits per heavy atom. The Hall–Kier alpha value is 1.06. The Kier molecular flexibility index (Phi) is 6.30. The van der Waals surface area contributed by atoms with Crippen LogP contribution in [0.5, 0.6) is 0 Å². The Labute approximate surface area is 122 Å². The van der Waals surface area contributed by atoms with Gasteiger partial charge >= 0.3 is 58.4 Å². The molecular formula is C7H7BF3KS. The molecule has 0 aliphatic rings. The van der Waals surface area contributed by atoms with E-state index in [1.807, 2.05) is 6.26 Å². The minimum atomic E-state index is -4.83. The molecule has 13 heavy (non-hydrogen) atoms. The first-order chi connectivity index (χ1) is 5.54. The van der Waals surface area contributed by atoms with Crippen molar-refractivity contribution < 1.29 is 64.3 Å². The average Bonchev–Trinajstić information content (AvgIpc) is 2.03. The van der Waals surface area contributed by atoms with Crippen LogP contribution < -0.4 is 56.8 Å². The minimum absolute atomic E-state index is 0. The smallest absolute Gasteiger partial charge is 0.445 e. The van der Waals surface area contributed by atoms with E-state index in [0.717, 1.165) is 17.0 Å². The van der Waals surface area contributed by atoms with E-state index in [9.17, 15) is 12.9 Å². The van der Waals surface area contributed by atoms with Crippen LogP contribution in [0.1, 0.15) is 0 Å². The zero-order valence-electron chi connectivity index (χ0n) is 7.43. The van der Waals surface area contributed by atoms with Crippen molar-refractivity contribution in [2.24, 2.45) is 0 Å². The summed E-state index contributed by atoms with van der Waals surface area (Å²) in [7, 11) is 0. The van der Waals surface area contributed by atoms with Gasteiger partial charge in [0.2, 0.25) is 0 Å². The number of benzene rings is 1. The zero-order chi connectivity index (χ0) is 9.19. The second kappa shape index (κ2) is 5.82. The second-order valence-electron chi connectivity index (χ2n) is 2.35. The zero-order valence-corrected chi connectivity index (χ0v) is 11.4. The van der Waals surface area contributed by atoms with Gasteiger partial charge in [-0.2, -0.15) is 0 Å². The Balaban J connectivity index is 0.00000144. The second-order valence-corrected chi connectivity index (χ2v) is 3.23. The van der Waals surface area contributed by atoms with Gasteiger partial charge in [0.25, 0.3) is 0 Å². The van der Waals surface area contributed by atoms with Gasteiger partial charge in [-0.3, -0.25) is 0 Å². The fraction of sp³-hybridized carbons (Fsp3) is 0.143. The monoisotopic (exact) mass is 230 g/mol.